The Kier molecular flexibility index (Phi) is 4.11. The third kappa shape index (κ3) is 2.88. The van der Waals surface area contributed by atoms with Gasteiger partial charge in [-0.1, -0.05) is 43.3 Å². The average molecular weight is 284 g/mol. The lowest BCUT2D eigenvalue weighted by atomic mass is 10.0. The second kappa shape index (κ2) is 6.19. The number of aliphatic hydroxyl groups is 1. The van der Waals surface area contributed by atoms with E-state index in [4.69, 9.17) is 9.47 Å². The summed E-state index contributed by atoms with van der Waals surface area (Å²) < 4.78 is 11.6. The Bertz CT molecular complexity index is 609. The zero-order valence-electron chi connectivity index (χ0n) is 12.2. The minimum atomic E-state index is -0.478. The Morgan fingerprint density at radius 3 is 2.81 bits per heavy atom. The van der Waals surface area contributed by atoms with Crippen molar-refractivity contribution in [1.29, 1.82) is 0 Å². The molecule has 2 aromatic rings. The molecule has 110 valence electrons. The highest BCUT2D eigenvalue weighted by atomic mass is 16.5. The van der Waals surface area contributed by atoms with E-state index in [1.807, 2.05) is 49.4 Å². The molecule has 0 bridgehead atoms. The van der Waals surface area contributed by atoms with Crippen LogP contribution in [0.5, 0.6) is 11.5 Å². The lowest BCUT2D eigenvalue weighted by Gasteiger charge is -2.17. The molecule has 3 heteroatoms. The molecular weight excluding hydrogens is 264 g/mol. The molecule has 2 unspecified atom stereocenters. The molecule has 2 atom stereocenters. The number of hydrogen-bond donors (Lipinski definition) is 1. The molecule has 2 aromatic carbocycles. The van der Waals surface area contributed by atoms with Crippen LogP contribution in [0.25, 0.3) is 0 Å². The van der Waals surface area contributed by atoms with Crippen molar-refractivity contribution in [2.45, 2.75) is 25.4 Å². The number of rotatable bonds is 5. The molecule has 0 aromatic heterocycles. The van der Waals surface area contributed by atoms with Crippen molar-refractivity contribution >= 4 is 0 Å². The molecule has 1 N–H and O–H groups in total. The van der Waals surface area contributed by atoms with Crippen molar-refractivity contribution in [2.75, 3.05) is 13.2 Å². The predicted molar refractivity (Wildman–Crippen MR) is 81.9 cm³/mol. The SMILES string of the molecule is CCC(O)c1ccccc1OCC1COc2ccccc21. The van der Waals surface area contributed by atoms with Crippen LogP contribution in [0.15, 0.2) is 48.5 Å². The van der Waals surface area contributed by atoms with Gasteiger partial charge < -0.3 is 14.6 Å². The molecule has 1 aliphatic rings. The number of ether oxygens (including phenoxy) is 2. The Balaban J connectivity index is 1.72. The molecule has 1 aliphatic heterocycles. The van der Waals surface area contributed by atoms with Crippen LogP contribution in [0.1, 0.15) is 36.5 Å². The normalized spacial score (nSPS) is 17.9. The lowest BCUT2D eigenvalue weighted by molar-refractivity contribution is 0.165. The van der Waals surface area contributed by atoms with Gasteiger partial charge in [-0.25, -0.2) is 0 Å². The van der Waals surface area contributed by atoms with Crippen LogP contribution < -0.4 is 9.47 Å². The Morgan fingerprint density at radius 2 is 1.95 bits per heavy atom. The van der Waals surface area contributed by atoms with Gasteiger partial charge >= 0.3 is 0 Å². The number of aliphatic hydroxyl groups excluding tert-OH is 1. The largest absolute Gasteiger partial charge is 0.493 e. The van der Waals surface area contributed by atoms with E-state index >= 15 is 0 Å². The van der Waals surface area contributed by atoms with Gasteiger partial charge in [-0.2, -0.15) is 0 Å². The molecule has 0 fully saturated rings. The molecule has 0 amide bonds. The van der Waals surface area contributed by atoms with E-state index in [0.717, 1.165) is 17.1 Å². The minimum absolute atomic E-state index is 0.244. The van der Waals surface area contributed by atoms with Crippen LogP contribution in [-0.2, 0) is 0 Å². The van der Waals surface area contributed by atoms with Crippen LogP contribution in [0.2, 0.25) is 0 Å². The molecule has 3 rings (SSSR count). The molecular formula is C18H20O3. The molecule has 21 heavy (non-hydrogen) atoms. The maximum absolute atomic E-state index is 10.1. The van der Waals surface area contributed by atoms with Gasteiger partial charge in [0, 0.05) is 11.1 Å². The van der Waals surface area contributed by atoms with Gasteiger partial charge in [0.1, 0.15) is 11.5 Å². The summed E-state index contributed by atoms with van der Waals surface area (Å²) in [5.74, 6) is 1.96. The first kappa shape index (κ1) is 14.0. The van der Waals surface area contributed by atoms with Crippen LogP contribution in [0.4, 0.5) is 0 Å². The first-order chi connectivity index (χ1) is 10.3. The molecule has 0 saturated heterocycles. The second-order valence-electron chi connectivity index (χ2n) is 5.32. The van der Waals surface area contributed by atoms with Gasteiger partial charge in [0.15, 0.2) is 0 Å². The van der Waals surface area contributed by atoms with Gasteiger partial charge in [0.2, 0.25) is 0 Å². The van der Waals surface area contributed by atoms with Gasteiger partial charge in [-0.3, -0.25) is 0 Å². The number of hydrogen-bond acceptors (Lipinski definition) is 3. The second-order valence-corrected chi connectivity index (χ2v) is 5.32. The fraction of sp³-hybridized carbons (Fsp3) is 0.333. The number of para-hydroxylation sites is 2. The lowest BCUT2D eigenvalue weighted by Crippen LogP contribution is -2.13. The highest BCUT2D eigenvalue weighted by Gasteiger charge is 2.24. The third-order valence-corrected chi connectivity index (χ3v) is 3.90. The molecule has 0 radical (unpaired) electrons. The van der Waals surface area contributed by atoms with E-state index in [9.17, 15) is 5.11 Å². The van der Waals surface area contributed by atoms with Crippen molar-refractivity contribution in [3.63, 3.8) is 0 Å². The van der Waals surface area contributed by atoms with Gasteiger partial charge in [-0.05, 0) is 18.6 Å². The molecule has 0 aliphatic carbocycles. The highest BCUT2D eigenvalue weighted by Crippen LogP contribution is 2.34. The first-order valence-electron chi connectivity index (χ1n) is 7.41. The first-order valence-corrected chi connectivity index (χ1v) is 7.41. The summed E-state index contributed by atoms with van der Waals surface area (Å²) in [6, 6.07) is 15.8. The zero-order valence-corrected chi connectivity index (χ0v) is 12.2. The number of fused-ring (bicyclic) bond motifs is 1. The van der Waals surface area contributed by atoms with Crippen molar-refractivity contribution in [3.05, 3.63) is 59.7 Å². The van der Waals surface area contributed by atoms with Crippen LogP contribution in [-0.4, -0.2) is 18.3 Å². The standard InChI is InChI=1S/C18H20O3/c1-2-16(19)15-8-4-6-10-18(15)21-12-13-11-20-17-9-5-3-7-14(13)17/h3-10,13,16,19H,2,11-12H2,1H3. The summed E-state index contributed by atoms with van der Waals surface area (Å²) >= 11 is 0. The van der Waals surface area contributed by atoms with Gasteiger partial charge in [0.05, 0.1) is 25.2 Å². The average Bonchev–Trinajstić information content (AvgIpc) is 2.96. The summed E-state index contributed by atoms with van der Waals surface area (Å²) in [5, 5.41) is 10.1. The van der Waals surface area contributed by atoms with Crippen molar-refractivity contribution in [2.24, 2.45) is 0 Å². The summed E-state index contributed by atoms with van der Waals surface area (Å²) in [6.45, 7) is 3.17. The summed E-state index contributed by atoms with van der Waals surface area (Å²) in [7, 11) is 0. The van der Waals surface area contributed by atoms with Crippen LogP contribution >= 0.6 is 0 Å². The van der Waals surface area contributed by atoms with E-state index < -0.39 is 6.10 Å². The Labute approximate surface area is 125 Å². The molecule has 0 spiro atoms. The molecule has 3 nitrogen and oxygen atoms in total. The van der Waals surface area contributed by atoms with E-state index in [2.05, 4.69) is 6.07 Å². The van der Waals surface area contributed by atoms with Crippen molar-refractivity contribution < 1.29 is 14.6 Å². The molecule has 0 saturated carbocycles. The van der Waals surface area contributed by atoms with E-state index in [-0.39, 0.29) is 5.92 Å². The van der Waals surface area contributed by atoms with E-state index in [0.29, 0.717) is 19.6 Å². The Morgan fingerprint density at radius 1 is 1.19 bits per heavy atom. The summed E-state index contributed by atoms with van der Waals surface area (Å²) in [6.07, 6.45) is 0.198. The van der Waals surface area contributed by atoms with E-state index in [1.165, 1.54) is 5.56 Å². The molecule has 1 heterocycles. The smallest absolute Gasteiger partial charge is 0.125 e. The summed E-state index contributed by atoms with van der Waals surface area (Å²) in [5.41, 5.74) is 2.05. The van der Waals surface area contributed by atoms with Gasteiger partial charge in [-0.15, -0.1) is 0 Å². The summed E-state index contributed by atoms with van der Waals surface area (Å²) in [4.78, 5) is 0. The van der Waals surface area contributed by atoms with Crippen molar-refractivity contribution in [1.82, 2.24) is 0 Å². The highest BCUT2D eigenvalue weighted by molar-refractivity contribution is 5.40. The number of benzene rings is 2. The predicted octanol–water partition coefficient (Wildman–Crippen LogP) is 3.69. The minimum Gasteiger partial charge on any atom is -0.493 e. The fourth-order valence-electron chi connectivity index (χ4n) is 2.66. The van der Waals surface area contributed by atoms with Crippen LogP contribution in [0, 0.1) is 0 Å². The fourth-order valence-corrected chi connectivity index (χ4v) is 2.66. The monoisotopic (exact) mass is 284 g/mol. The van der Waals surface area contributed by atoms with Crippen LogP contribution in [0.3, 0.4) is 0 Å². The third-order valence-electron chi connectivity index (χ3n) is 3.90. The maximum atomic E-state index is 10.1. The Hall–Kier alpha value is -2.00. The van der Waals surface area contributed by atoms with Crippen molar-refractivity contribution in [3.8, 4) is 11.5 Å². The van der Waals surface area contributed by atoms with E-state index in [1.54, 1.807) is 0 Å². The maximum Gasteiger partial charge on any atom is 0.125 e. The zero-order chi connectivity index (χ0) is 14.7. The topological polar surface area (TPSA) is 38.7 Å². The van der Waals surface area contributed by atoms with Gasteiger partial charge in [0.25, 0.3) is 0 Å². The quantitative estimate of drug-likeness (QED) is 0.910.